The summed E-state index contributed by atoms with van der Waals surface area (Å²) < 4.78 is 11.8. The number of anilines is 2. The summed E-state index contributed by atoms with van der Waals surface area (Å²) >= 11 is 3.31. The topological polar surface area (TPSA) is 241 Å². The van der Waals surface area contributed by atoms with Gasteiger partial charge in [0.2, 0.25) is 5.95 Å². The lowest BCUT2D eigenvalue weighted by Gasteiger charge is -2.32. The van der Waals surface area contributed by atoms with Crippen LogP contribution in [0.15, 0.2) is 96.3 Å². The summed E-state index contributed by atoms with van der Waals surface area (Å²) in [5.74, 6) is 2.67. The number of tetrazole rings is 1. The molecule has 3 aliphatic rings. The third kappa shape index (κ3) is 71.3. The molecule has 0 aromatic carbocycles. The molecule has 3 fully saturated rings. The number of hydrogen-bond acceptors (Lipinski definition) is 20. The average molecular weight is 1800 g/mol. The normalized spacial score (nSPS) is 14.1. The predicted octanol–water partition coefficient (Wildman–Crippen LogP) is 25.4. The van der Waals surface area contributed by atoms with Gasteiger partial charge >= 0.3 is 0 Å². The SMILES string of the molecule is CC(C)(C)CC1CC1.CC(C)(C)CN1CCCC1.CC(C)(C)CN1CCCCC1.CC(C)(C)CNc1ncccn1.CC(C)(C)CNc1nccs1.CC(C)(C)Cc1cscn1.CC(C)(C)Cn1cccc1.CC(C)(C)Cn1cccn1.Cc1cn(CC(C)(C)C)nn1.Cc1cnnn1CC(C)(C)C.Cc1nnn(CC(C)(C)C)c1C.Cc1nnnn1CC(C)(C)C. The van der Waals surface area contributed by atoms with Crippen molar-refractivity contribution < 1.29 is 0 Å². The van der Waals surface area contributed by atoms with E-state index in [1.165, 1.54) is 102 Å². The van der Waals surface area contributed by atoms with Gasteiger partial charge in [0, 0.05) is 126 Å². The fourth-order valence-corrected chi connectivity index (χ4v) is 13.6. The standard InChI is InChI=1S/C10H21N.C9H17N3.C9H15N3.C9H19N.C9H15N.2C8H15N3.C8H14N2S.C8H14N2.C8H13NS.C8H16.C7H14N4/c1-10(2,3)9-11-7-5-4-6-8-11;1-7-8(2)12(11-10-7)6-9(3,4)5;1-9(2,3)7-12-8-10-5-4-6-11-8;2*1-9(2,3)8-10-6-4-5-7-10;1-7-5-11(10-9-7)6-8(2,3)4;1-7-5-9-10-11(7)6-8(2,3)4;1-8(2,3)6-10-7-9-4-5-11-7;1-8(2,3)7-10-6-4-5-9-10;1-8(2,3)4-7-5-10-6-9-7;1-8(2,3)6-7-4-5-7;1-6-8-9-10-11(6)5-7(2,3)4/h4-9H2,1-3H3;6H2,1-5H3;4-6H,7H2,1-3H3,(H,10,11,12);4-8H2,1-3H3;4-7H,8H2,1-3H3;2*5H,6H2,1-4H3;4-5H,6H2,1-3H3,(H,9,10);4-6H,7H2,1-3H3;5-6H,4H2,1-3H3;7H,4-6H2,1-3H3;5H2,1-4H3. The highest BCUT2D eigenvalue weighted by Gasteiger charge is 2.27. The number of nitrogens with zero attached hydrogens (tertiary/aromatic N) is 22. The van der Waals surface area contributed by atoms with E-state index in [4.69, 9.17) is 0 Å². The van der Waals surface area contributed by atoms with E-state index < -0.39 is 0 Å². The lowest BCUT2D eigenvalue weighted by Crippen LogP contribution is -2.36. The first-order chi connectivity index (χ1) is 58.0. The molecule has 0 bridgehead atoms. The number of aromatic nitrogens is 20. The molecule has 26 heteroatoms. The number of thiazole rings is 2. The zero-order chi connectivity index (χ0) is 97.1. The third-order valence-electron chi connectivity index (χ3n) is 17.8. The number of piperidine rings is 1. The Morgan fingerprint density at radius 3 is 1.24 bits per heavy atom. The fraction of sp³-hybridized carbons (Fsp3) is 0.762. The Morgan fingerprint density at radius 2 is 0.882 bits per heavy atom. The maximum absolute atomic E-state index is 4.22. The molecule has 12 rings (SSSR count). The zero-order valence-electron chi connectivity index (χ0n) is 88.7. The molecule has 127 heavy (non-hydrogen) atoms. The highest BCUT2D eigenvalue weighted by atomic mass is 32.1. The minimum Gasteiger partial charge on any atom is -0.361 e. The smallest absolute Gasteiger partial charge is 0.222 e. The summed E-state index contributed by atoms with van der Waals surface area (Å²) in [5, 5.41) is 50.6. The van der Waals surface area contributed by atoms with Gasteiger partial charge in [-0.05, 0) is 205 Å². The first kappa shape index (κ1) is 118. The molecular weight excluding hydrogens is 1610 g/mol. The van der Waals surface area contributed by atoms with Crippen LogP contribution < -0.4 is 10.6 Å². The molecule has 9 aromatic rings. The first-order valence-corrected chi connectivity index (χ1v) is 48.7. The summed E-state index contributed by atoms with van der Waals surface area (Å²) in [5.41, 5.74) is 11.7. The second-order valence-electron chi connectivity index (χ2n) is 49.4. The Balaban J connectivity index is 0.000000693. The molecule has 0 spiro atoms. The van der Waals surface area contributed by atoms with Gasteiger partial charge in [0.25, 0.3) is 0 Å². The Kier molecular flexibility index (Phi) is 51.3. The van der Waals surface area contributed by atoms with Crippen molar-refractivity contribution in [1.29, 1.82) is 0 Å². The van der Waals surface area contributed by atoms with Gasteiger partial charge in [-0.15, -0.1) is 43.1 Å². The molecular formula is C101H188N24S2. The predicted molar refractivity (Wildman–Crippen MR) is 542 cm³/mol. The number of hydrogen-bond donors (Lipinski definition) is 2. The van der Waals surface area contributed by atoms with Gasteiger partial charge < -0.3 is 25.0 Å². The fourth-order valence-electron chi connectivity index (χ4n) is 12.5. The molecule has 11 heterocycles. The average Bonchev–Trinajstić information content (AvgIpc) is 1.68. The molecule has 24 nitrogen and oxygen atoms in total. The highest BCUT2D eigenvalue weighted by Crippen LogP contribution is 2.39. The minimum atomic E-state index is 0.236. The van der Waals surface area contributed by atoms with Crippen molar-refractivity contribution in [2.24, 2.45) is 70.9 Å². The highest BCUT2D eigenvalue weighted by molar-refractivity contribution is 7.13. The molecule has 2 saturated heterocycles. The quantitative estimate of drug-likeness (QED) is 0.103. The van der Waals surface area contributed by atoms with Crippen LogP contribution in [0.2, 0.25) is 0 Å². The Hall–Kier alpha value is -7.16. The van der Waals surface area contributed by atoms with Crippen molar-refractivity contribution in [3.63, 3.8) is 0 Å². The summed E-state index contributed by atoms with van der Waals surface area (Å²) in [7, 11) is 0. The molecule has 2 aliphatic heterocycles. The molecule has 1 saturated carbocycles. The van der Waals surface area contributed by atoms with Crippen molar-refractivity contribution in [2.45, 2.75) is 381 Å². The number of aryl methyl sites for hydroxylation is 4. The van der Waals surface area contributed by atoms with Crippen molar-refractivity contribution in [3.05, 3.63) is 131 Å². The van der Waals surface area contributed by atoms with E-state index in [0.29, 0.717) is 43.9 Å². The van der Waals surface area contributed by atoms with E-state index in [9.17, 15) is 0 Å². The summed E-state index contributed by atoms with van der Waals surface area (Å²) in [6, 6.07) is 7.88. The largest absolute Gasteiger partial charge is 0.361 e. The van der Waals surface area contributed by atoms with Crippen LogP contribution in [0.5, 0.6) is 0 Å². The summed E-state index contributed by atoms with van der Waals surface area (Å²) in [6.07, 6.45) is 29.6. The van der Waals surface area contributed by atoms with E-state index in [0.717, 1.165) is 92.7 Å². The first-order valence-electron chi connectivity index (χ1n) is 46.8. The van der Waals surface area contributed by atoms with E-state index in [1.807, 2.05) is 98.9 Å². The van der Waals surface area contributed by atoms with Gasteiger partial charge in [-0.25, -0.2) is 34.0 Å². The van der Waals surface area contributed by atoms with Crippen LogP contribution >= 0.6 is 22.7 Å². The van der Waals surface area contributed by atoms with Crippen LogP contribution in [0.25, 0.3) is 0 Å². The molecule has 1 aliphatic carbocycles. The summed E-state index contributed by atoms with van der Waals surface area (Å²) in [6.45, 7) is 106. The van der Waals surface area contributed by atoms with Gasteiger partial charge in [-0.2, -0.15) is 5.10 Å². The van der Waals surface area contributed by atoms with Crippen LogP contribution in [0.3, 0.4) is 0 Å². The number of nitrogens with one attached hydrogen (secondary N) is 2. The second kappa shape index (κ2) is 55.2. The van der Waals surface area contributed by atoms with E-state index >= 15 is 0 Å². The maximum Gasteiger partial charge on any atom is 0.222 e. The van der Waals surface area contributed by atoms with Crippen molar-refractivity contribution in [1.82, 2.24) is 109 Å². The monoisotopic (exact) mass is 1800 g/mol. The van der Waals surface area contributed by atoms with E-state index in [-0.39, 0.29) is 27.1 Å². The van der Waals surface area contributed by atoms with Gasteiger partial charge in [0.1, 0.15) is 5.82 Å². The van der Waals surface area contributed by atoms with Gasteiger partial charge in [0.15, 0.2) is 5.13 Å². The Morgan fingerprint density at radius 1 is 0.402 bits per heavy atom. The van der Waals surface area contributed by atoms with Crippen molar-refractivity contribution in [2.75, 3.05) is 63.0 Å². The van der Waals surface area contributed by atoms with Gasteiger partial charge in [0.05, 0.1) is 40.2 Å². The van der Waals surface area contributed by atoms with Crippen LogP contribution in [0.1, 0.15) is 335 Å². The molecule has 724 valence electrons. The van der Waals surface area contributed by atoms with Crippen LogP contribution in [0.4, 0.5) is 11.1 Å². The Bertz CT molecular complexity index is 3960. The molecule has 0 radical (unpaired) electrons. The van der Waals surface area contributed by atoms with Crippen molar-refractivity contribution in [3.8, 4) is 0 Å². The van der Waals surface area contributed by atoms with Gasteiger partial charge in [-0.1, -0.05) is 284 Å². The molecule has 2 N–H and O–H groups in total. The molecule has 0 atom stereocenters. The van der Waals surface area contributed by atoms with Crippen LogP contribution in [-0.4, -0.2) is 162 Å². The zero-order valence-corrected chi connectivity index (χ0v) is 90.4. The number of rotatable bonds is 14. The Labute approximate surface area is 783 Å². The molecule has 9 aromatic heterocycles. The molecule has 0 unspecified atom stereocenters. The van der Waals surface area contributed by atoms with E-state index in [2.05, 4.69) is 383 Å². The van der Waals surface area contributed by atoms with Gasteiger partial charge in [-0.3, -0.25) is 9.36 Å². The van der Waals surface area contributed by atoms with E-state index in [1.54, 1.807) is 41.3 Å². The van der Waals surface area contributed by atoms with Crippen LogP contribution in [-0.2, 0) is 45.7 Å². The summed E-state index contributed by atoms with van der Waals surface area (Å²) in [4.78, 5) is 21.6. The number of likely N-dealkylation sites (tertiary alicyclic amines) is 2. The lowest BCUT2D eigenvalue weighted by molar-refractivity contribution is 0.164. The second-order valence-corrected chi connectivity index (χ2v) is 51.0. The minimum absolute atomic E-state index is 0.236. The van der Waals surface area contributed by atoms with Crippen molar-refractivity contribution >= 4 is 33.8 Å². The molecule has 0 amide bonds. The van der Waals surface area contributed by atoms with Crippen LogP contribution in [0, 0.1) is 106 Å². The lowest BCUT2D eigenvalue weighted by atomic mass is 9.90. The third-order valence-corrected chi connectivity index (χ3v) is 19.2. The maximum atomic E-state index is 4.22.